The summed E-state index contributed by atoms with van der Waals surface area (Å²) in [7, 11) is -1.82. The number of carbonyl (C=O) groups excluding carboxylic acids is 1. The normalized spacial score (nSPS) is 23.6. The molecule has 0 heterocycles. The van der Waals surface area contributed by atoms with Gasteiger partial charge in [0.2, 0.25) is 5.91 Å². The first-order chi connectivity index (χ1) is 8.86. The van der Waals surface area contributed by atoms with Crippen LogP contribution in [-0.2, 0) is 14.6 Å². The van der Waals surface area contributed by atoms with Gasteiger partial charge in [-0.05, 0) is 18.8 Å². The van der Waals surface area contributed by atoms with E-state index in [9.17, 15) is 13.2 Å². The molecule has 1 amide bonds. The Morgan fingerprint density at radius 3 is 2.68 bits per heavy atom. The molecule has 1 aliphatic carbocycles. The number of nitriles is 1. The zero-order valence-corrected chi connectivity index (χ0v) is 12.4. The van der Waals surface area contributed by atoms with Gasteiger partial charge in [0.05, 0.1) is 17.7 Å². The van der Waals surface area contributed by atoms with E-state index in [1.807, 2.05) is 6.07 Å². The van der Waals surface area contributed by atoms with Gasteiger partial charge in [-0.2, -0.15) is 5.26 Å². The second-order valence-electron chi connectivity index (χ2n) is 5.42. The molecular formula is C13H22N2O3S. The van der Waals surface area contributed by atoms with Crippen molar-refractivity contribution < 1.29 is 13.2 Å². The van der Waals surface area contributed by atoms with Crippen molar-refractivity contribution in [3.8, 4) is 6.07 Å². The molecule has 0 spiro atoms. The number of sulfone groups is 1. The highest BCUT2D eigenvalue weighted by molar-refractivity contribution is 7.92. The van der Waals surface area contributed by atoms with Crippen LogP contribution in [-0.4, -0.2) is 43.8 Å². The number of carbonyl (C=O) groups is 1. The van der Waals surface area contributed by atoms with Crippen molar-refractivity contribution in [3.63, 3.8) is 0 Å². The second kappa shape index (κ2) is 6.90. The monoisotopic (exact) mass is 286 g/mol. The summed E-state index contributed by atoms with van der Waals surface area (Å²) in [5, 5.41) is 8.09. The summed E-state index contributed by atoms with van der Waals surface area (Å²) in [4.78, 5) is 13.2. The fourth-order valence-electron chi connectivity index (χ4n) is 2.45. The lowest BCUT2D eigenvalue weighted by molar-refractivity contribution is -0.127. The first kappa shape index (κ1) is 16.0. The van der Waals surface area contributed by atoms with Crippen molar-refractivity contribution in [3.05, 3.63) is 0 Å². The van der Waals surface area contributed by atoms with Gasteiger partial charge in [-0.1, -0.05) is 19.8 Å². The highest BCUT2D eigenvalue weighted by Crippen LogP contribution is 2.28. The largest absolute Gasteiger partial charge is 0.344 e. The molecule has 0 N–H and O–H groups in total. The van der Waals surface area contributed by atoms with Crippen molar-refractivity contribution in [1.82, 2.24) is 4.90 Å². The van der Waals surface area contributed by atoms with Gasteiger partial charge in [0, 0.05) is 13.6 Å². The van der Waals surface area contributed by atoms with E-state index in [2.05, 4.69) is 6.92 Å². The van der Waals surface area contributed by atoms with Gasteiger partial charge >= 0.3 is 0 Å². The molecule has 1 saturated carbocycles. The van der Waals surface area contributed by atoms with Crippen molar-refractivity contribution in [2.75, 3.05) is 19.3 Å². The fraction of sp³-hybridized carbons (Fsp3) is 0.846. The number of amides is 1. The molecule has 5 nitrogen and oxygen atoms in total. The standard InChI is InChI=1S/C13H22N2O3S/c1-11-5-3-6-12(9-11)19(17,18)10-13(16)15(2)8-4-7-14/h11-12H,3-6,8-10H2,1-2H3. The first-order valence-electron chi connectivity index (χ1n) is 6.69. The van der Waals surface area contributed by atoms with Crippen LogP contribution in [0.3, 0.4) is 0 Å². The van der Waals surface area contributed by atoms with E-state index in [4.69, 9.17) is 5.26 Å². The SMILES string of the molecule is CC1CCCC(S(=O)(=O)CC(=O)N(C)CCC#N)C1. The van der Waals surface area contributed by atoms with Crippen molar-refractivity contribution in [2.45, 2.75) is 44.3 Å². The zero-order valence-electron chi connectivity index (χ0n) is 11.6. The molecule has 0 bridgehead atoms. The van der Waals surface area contributed by atoms with E-state index in [0.29, 0.717) is 18.8 Å². The lowest BCUT2D eigenvalue weighted by Crippen LogP contribution is -2.38. The van der Waals surface area contributed by atoms with E-state index < -0.39 is 21.5 Å². The minimum atomic E-state index is -3.36. The fourth-order valence-corrected chi connectivity index (χ4v) is 4.40. The molecular weight excluding hydrogens is 264 g/mol. The summed E-state index contributed by atoms with van der Waals surface area (Å²) in [5.74, 6) is -0.416. The second-order valence-corrected chi connectivity index (χ2v) is 7.71. The van der Waals surface area contributed by atoms with E-state index >= 15 is 0 Å². The summed E-state index contributed by atoms with van der Waals surface area (Å²) in [5.41, 5.74) is 0. The van der Waals surface area contributed by atoms with E-state index in [1.165, 1.54) is 4.90 Å². The van der Waals surface area contributed by atoms with Gasteiger partial charge in [-0.25, -0.2) is 8.42 Å². The summed E-state index contributed by atoms with van der Waals surface area (Å²) in [6.07, 6.45) is 3.55. The van der Waals surface area contributed by atoms with Crippen LogP contribution in [0.25, 0.3) is 0 Å². The average Bonchev–Trinajstić information content (AvgIpc) is 2.35. The molecule has 0 aliphatic heterocycles. The van der Waals surface area contributed by atoms with Crippen LogP contribution in [0, 0.1) is 17.2 Å². The Balaban J connectivity index is 2.59. The molecule has 1 aliphatic rings. The van der Waals surface area contributed by atoms with Crippen LogP contribution >= 0.6 is 0 Å². The molecule has 1 fully saturated rings. The van der Waals surface area contributed by atoms with Gasteiger partial charge in [0.25, 0.3) is 0 Å². The van der Waals surface area contributed by atoms with E-state index in [1.54, 1.807) is 7.05 Å². The molecule has 0 aromatic rings. The van der Waals surface area contributed by atoms with Gasteiger partial charge in [-0.3, -0.25) is 4.79 Å². The van der Waals surface area contributed by atoms with Crippen LogP contribution in [0.5, 0.6) is 0 Å². The Bertz CT molecular complexity index is 453. The van der Waals surface area contributed by atoms with E-state index in [0.717, 1.165) is 12.8 Å². The highest BCUT2D eigenvalue weighted by atomic mass is 32.2. The molecule has 6 heteroatoms. The Hall–Kier alpha value is -1.09. The number of rotatable bonds is 5. The van der Waals surface area contributed by atoms with Crippen LogP contribution in [0.15, 0.2) is 0 Å². The van der Waals surface area contributed by atoms with Crippen molar-refractivity contribution in [2.24, 2.45) is 5.92 Å². The maximum Gasteiger partial charge on any atom is 0.237 e. The first-order valence-corrected chi connectivity index (χ1v) is 8.41. The lowest BCUT2D eigenvalue weighted by atomic mass is 9.91. The van der Waals surface area contributed by atoms with Crippen LogP contribution in [0.2, 0.25) is 0 Å². The highest BCUT2D eigenvalue weighted by Gasteiger charge is 2.32. The Labute approximate surface area is 115 Å². The molecule has 108 valence electrons. The van der Waals surface area contributed by atoms with Crippen molar-refractivity contribution in [1.29, 1.82) is 5.26 Å². The molecule has 19 heavy (non-hydrogen) atoms. The molecule has 0 saturated heterocycles. The van der Waals surface area contributed by atoms with Gasteiger partial charge in [-0.15, -0.1) is 0 Å². The minimum Gasteiger partial charge on any atom is -0.344 e. The van der Waals surface area contributed by atoms with Gasteiger partial charge < -0.3 is 4.90 Å². The molecule has 2 atom stereocenters. The third-order valence-electron chi connectivity index (χ3n) is 3.71. The molecule has 1 rings (SSSR count). The summed E-state index contributed by atoms with van der Waals surface area (Å²) in [6, 6.07) is 1.94. The van der Waals surface area contributed by atoms with Crippen LogP contribution < -0.4 is 0 Å². The zero-order chi connectivity index (χ0) is 14.5. The Kier molecular flexibility index (Phi) is 5.80. The smallest absolute Gasteiger partial charge is 0.237 e. The Morgan fingerprint density at radius 1 is 1.42 bits per heavy atom. The molecule has 2 unspecified atom stereocenters. The van der Waals surface area contributed by atoms with E-state index in [-0.39, 0.29) is 18.2 Å². The number of hydrogen-bond acceptors (Lipinski definition) is 4. The maximum absolute atomic E-state index is 12.2. The van der Waals surface area contributed by atoms with Crippen molar-refractivity contribution >= 4 is 15.7 Å². The summed E-state index contributed by atoms with van der Waals surface area (Å²) in [6.45, 7) is 2.34. The quantitative estimate of drug-likeness (QED) is 0.764. The topological polar surface area (TPSA) is 78.2 Å². The molecule has 0 radical (unpaired) electrons. The third-order valence-corrected chi connectivity index (χ3v) is 5.80. The third kappa shape index (κ3) is 4.83. The number of nitrogens with zero attached hydrogens (tertiary/aromatic N) is 2. The summed E-state index contributed by atoms with van der Waals surface area (Å²) >= 11 is 0. The lowest BCUT2D eigenvalue weighted by Gasteiger charge is -2.27. The predicted octanol–water partition coefficient (Wildman–Crippen LogP) is 1.35. The summed E-state index contributed by atoms with van der Waals surface area (Å²) < 4.78 is 24.4. The average molecular weight is 286 g/mol. The molecule has 0 aromatic heterocycles. The van der Waals surface area contributed by atoms with Gasteiger partial charge in [0.1, 0.15) is 5.75 Å². The van der Waals surface area contributed by atoms with Gasteiger partial charge in [0.15, 0.2) is 9.84 Å². The van der Waals surface area contributed by atoms with Crippen LogP contribution in [0.4, 0.5) is 0 Å². The molecule has 0 aromatic carbocycles. The minimum absolute atomic E-state index is 0.225. The maximum atomic E-state index is 12.2. The number of hydrogen-bond donors (Lipinski definition) is 0. The Morgan fingerprint density at radius 2 is 2.11 bits per heavy atom. The van der Waals surface area contributed by atoms with Crippen LogP contribution in [0.1, 0.15) is 39.0 Å². The predicted molar refractivity (Wildman–Crippen MR) is 73.1 cm³/mol.